The Labute approximate surface area is 593 Å². The molecule has 19 atom stereocenters. The largest absolute Gasteiger partial charge is 0.394 e. The number of carbonyl (C=O) groups is 9. The van der Waals surface area contributed by atoms with Crippen molar-refractivity contribution in [1.82, 2.24) is 47.9 Å². The van der Waals surface area contributed by atoms with Crippen molar-refractivity contribution in [2.45, 2.75) is 240 Å². The molecule has 0 aromatic rings. The molecule has 38 heteroatoms. The third-order valence-corrected chi connectivity index (χ3v) is 16.7. The predicted octanol–water partition coefficient (Wildman–Crippen LogP) is -7.38. The van der Waals surface area contributed by atoms with E-state index >= 15 is 0 Å². The van der Waals surface area contributed by atoms with E-state index in [4.69, 9.17) is 52.1 Å². The van der Waals surface area contributed by atoms with Gasteiger partial charge in [-0.25, -0.2) is 0 Å². The summed E-state index contributed by atoms with van der Waals surface area (Å²) in [6.45, 7) is 5.24. The van der Waals surface area contributed by atoms with Crippen LogP contribution in [-0.2, 0) is 95.3 Å². The smallest absolute Gasteiger partial charge is 0.249 e. The lowest BCUT2D eigenvalue weighted by atomic mass is 9.97. The highest BCUT2D eigenvalue weighted by molar-refractivity contribution is 5.90. The SMILES string of the molecule is CC(=O)NC1C(OCCOCCNC(=O)CCC(NC(=O)CCC(NC(=O)CCCCCCCCCNC(=O)[C@H]2C[C@@H](OC(C)C)CO2)C(=O)NCCOCCOC2OC(CO)C(O)C(O)C2NC(C)=O)C(=O)NCCOCCOC2OC(CO)C(O)C(O)C2NC(C)=O)OC(CO)C(O)C1O. The Kier molecular flexibility index (Phi) is 42.9. The van der Waals surface area contributed by atoms with Crippen LogP contribution >= 0.6 is 0 Å². The third-order valence-electron chi connectivity index (χ3n) is 16.7. The second-order valence-corrected chi connectivity index (χ2v) is 25.4. The molecule has 4 fully saturated rings. The molecular weight excluding hydrogens is 1360 g/mol. The van der Waals surface area contributed by atoms with E-state index in [0.29, 0.717) is 32.4 Å². The van der Waals surface area contributed by atoms with Gasteiger partial charge < -0.3 is 146 Å². The van der Waals surface area contributed by atoms with Crippen LogP contribution in [0.15, 0.2) is 0 Å². The summed E-state index contributed by atoms with van der Waals surface area (Å²) in [6.07, 6.45) is -12.3. The number of carbonyl (C=O) groups excluding carboxylic acids is 9. The number of unbranched alkanes of at least 4 members (excludes halogenated alkanes) is 6. The van der Waals surface area contributed by atoms with Gasteiger partial charge in [0.15, 0.2) is 18.9 Å². The minimum Gasteiger partial charge on any atom is -0.394 e. The van der Waals surface area contributed by atoms with E-state index in [1.54, 1.807) is 0 Å². The first-order valence-corrected chi connectivity index (χ1v) is 35.0. The molecule has 17 unspecified atom stereocenters. The van der Waals surface area contributed by atoms with E-state index in [1.807, 2.05) is 13.8 Å². The van der Waals surface area contributed by atoms with Gasteiger partial charge in [-0.3, -0.25) is 43.2 Å². The highest BCUT2D eigenvalue weighted by Gasteiger charge is 2.48. The maximum atomic E-state index is 13.8. The van der Waals surface area contributed by atoms with Gasteiger partial charge >= 0.3 is 0 Å². The molecule has 0 aromatic heterocycles. The van der Waals surface area contributed by atoms with Crippen molar-refractivity contribution in [3.63, 3.8) is 0 Å². The fourth-order valence-corrected chi connectivity index (χ4v) is 11.4. The van der Waals surface area contributed by atoms with Gasteiger partial charge in [-0.15, -0.1) is 0 Å². The van der Waals surface area contributed by atoms with Crippen LogP contribution in [0.3, 0.4) is 0 Å². The monoisotopic (exact) mass is 1470 g/mol. The average molecular weight is 1470 g/mol. The lowest BCUT2D eigenvalue weighted by Crippen LogP contribution is -2.64. The van der Waals surface area contributed by atoms with Gasteiger partial charge in [0, 0.05) is 72.6 Å². The number of aliphatic hydroxyl groups is 9. The maximum Gasteiger partial charge on any atom is 0.249 e. The molecule has 4 aliphatic rings. The average Bonchev–Trinajstić information content (AvgIpc) is 0.959. The Morgan fingerprint density at radius 3 is 1.20 bits per heavy atom. The molecule has 4 saturated heterocycles. The molecule has 588 valence electrons. The lowest BCUT2D eigenvalue weighted by Gasteiger charge is -2.42. The molecule has 0 aromatic carbocycles. The van der Waals surface area contributed by atoms with Crippen molar-refractivity contribution in [2.24, 2.45) is 0 Å². The van der Waals surface area contributed by atoms with Crippen molar-refractivity contribution in [3.8, 4) is 0 Å². The quantitative estimate of drug-likeness (QED) is 0.0252. The molecule has 4 aliphatic heterocycles. The summed E-state index contributed by atoms with van der Waals surface area (Å²) in [5, 5.41) is 115. The van der Waals surface area contributed by atoms with Crippen LogP contribution < -0.4 is 47.9 Å². The topological polar surface area (TPSA) is 546 Å². The number of rotatable bonds is 50. The number of aliphatic hydroxyl groups excluding tert-OH is 9. The Bertz CT molecular complexity index is 2500. The summed E-state index contributed by atoms with van der Waals surface area (Å²) in [5.41, 5.74) is 0. The second-order valence-electron chi connectivity index (χ2n) is 25.4. The van der Waals surface area contributed by atoms with E-state index in [0.717, 1.165) is 32.1 Å². The van der Waals surface area contributed by atoms with Gasteiger partial charge in [0.1, 0.15) is 91.2 Å². The van der Waals surface area contributed by atoms with Gasteiger partial charge in [0.2, 0.25) is 53.2 Å². The molecule has 0 radical (unpaired) electrons. The Hall–Kier alpha value is -5.57. The number of amides is 9. The van der Waals surface area contributed by atoms with Crippen LogP contribution in [0.5, 0.6) is 0 Å². The van der Waals surface area contributed by atoms with E-state index in [-0.39, 0.29) is 123 Å². The number of hydrogen-bond donors (Lipinski definition) is 18. The van der Waals surface area contributed by atoms with Crippen molar-refractivity contribution in [3.05, 3.63) is 0 Å². The summed E-state index contributed by atoms with van der Waals surface area (Å²) < 4.78 is 61.7. The normalized spacial score (nSPS) is 27.7. The molecule has 0 spiro atoms. The number of hydrogen-bond acceptors (Lipinski definition) is 29. The zero-order chi connectivity index (χ0) is 75.1. The molecule has 38 nitrogen and oxygen atoms in total. The van der Waals surface area contributed by atoms with Crippen LogP contribution in [0.1, 0.15) is 118 Å². The van der Waals surface area contributed by atoms with Crippen molar-refractivity contribution < 1.29 is 141 Å². The van der Waals surface area contributed by atoms with Gasteiger partial charge in [-0.1, -0.05) is 32.1 Å². The standard InChI is InChI=1S/C64H113N9O29/c1-36(2)99-40-31-43(98-35-40)61(91)66-18-12-10-8-6-7-9-11-13-48(81)72-42(60(90)68-21-24-94-27-30-97-64-52(71-39(5)79)58(88)55(85)46(34-76)102-64)15-17-49(82)73-41(59(89)67-20-23-93-26-29-96-63-51(70-38(4)78)57(87)54(84)45(33-75)101-63)14-16-47(80)65-19-22-92-25-28-95-62-50(69-37(3)77)56(86)53(83)44(32-74)100-62/h36,40-46,50-58,62-64,74-76,83-88H,6-35H2,1-5H3,(H,65,80)(H,66,91)(H,67,89)(H,68,90)(H,69,77)(H,70,78)(H,71,79)(H,72,81)(H,73,82)/t40-,41?,42?,43-,44?,45?,46?,50?,51?,52?,53?,54?,55?,56?,57?,58?,62?,63?,64?/m1/s1. The number of ether oxygens (including phenoxy) is 11. The van der Waals surface area contributed by atoms with Crippen LogP contribution in [-0.4, -0.2) is 334 Å². The highest BCUT2D eigenvalue weighted by Crippen LogP contribution is 2.26. The zero-order valence-corrected chi connectivity index (χ0v) is 59.0. The van der Waals surface area contributed by atoms with Crippen molar-refractivity contribution in [2.75, 3.05) is 112 Å². The molecule has 4 heterocycles. The molecule has 0 bridgehead atoms. The fraction of sp³-hybridized carbons (Fsp3) is 0.859. The molecular formula is C64H113N9O29. The first-order chi connectivity index (χ1) is 48.8. The maximum absolute atomic E-state index is 13.8. The Morgan fingerprint density at radius 1 is 0.431 bits per heavy atom. The second kappa shape index (κ2) is 49.3. The highest BCUT2D eigenvalue weighted by atomic mass is 16.7. The molecule has 102 heavy (non-hydrogen) atoms. The van der Waals surface area contributed by atoms with Crippen molar-refractivity contribution in [1.29, 1.82) is 0 Å². The third kappa shape index (κ3) is 32.8. The van der Waals surface area contributed by atoms with Gasteiger partial charge in [0.05, 0.1) is 98.1 Å². The summed E-state index contributed by atoms with van der Waals surface area (Å²) in [4.78, 5) is 116. The van der Waals surface area contributed by atoms with E-state index in [9.17, 15) is 89.1 Å². The predicted molar refractivity (Wildman–Crippen MR) is 352 cm³/mol. The summed E-state index contributed by atoms with van der Waals surface area (Å²) in [6, 6.07) is -6.14. The summed E-state index contributed by atoms with van der Waals surface area (Å²) >= 11 is 0. The van der Waals surface area contributed by atoms with E-state index < -0.39 is 184 Å². The minimum atomic E-state index is -1.54. The lowest BCUT2D eigenvalue weighted by molar-refractivity contribution is -0.272. The van der Waals surface area contributed by atoms with Crippen molar-refractivity contribution >= 4 is 53.2 Å². The van der Waals surface area contributed by atoms with Gasteiger partial charge in [0.25, 0.3) is 0 Å². The van der Waals surface area contributed by atoms with Gasteiger partial charge in [-0.2, -0.15) is 0 Å². The number of nitrogens with one attached hydrogen (secondary N) is 9. The summed E-state index contributed by atoms with van der Waals surface area (Å²) in [7, 11) is 0. The molecule has 0 aliphatic carbocycles. The van der Waals surface area contributed by atoms with E-state index in [2.05, 4.69) is 47.9 Å². The first kappa shape index (κ1) is 88.8. The first-order valence-electron chi connectivity index (χ1n) is 35.0. The minimum absolute atomic E-state index is 0.0188. The molecule has 9 amide bonds. The molecule has 18 N–H and O–H groups in total. The van der Waals surface area contributed by atoms with Crippen LogP contribution in [0.4, 0.5) is 0 Å². The summed E-state index contributed by atoms with van der Waals surface area (Å²) in [5.74, 6) is -4.93. The van der Waals surface area contributed by atoms with Crippen LogP contribution in [0, 0.1) is 0 Å². The van der Waals surface area contributed by atoms with Crippen LogP contribution in [0.25, 0.3) is 0 Å². The fourth-order valence-electron chi connectivity index (χ4n) is 11.4. The Morgan fingerprint density at radius 2 is 0.804 bits per heavy atom. The van der Waals surface area contributed by atoms with E-state index in [1.165, 1.54) is 20.8 Å². The zero-order valence-electron chi connectivity index (χ0n) is 59.0. The van der Waals surface area contributed by atoms with Gasteiger partial charge in [-0.05, 0) is 39.5 Å². The van der Waals surface area contributed by atoms with Crippen LogP contribution in [0.2, 0.25) is 0 Å². The molecule has 0 saturated carbocycles. The molecule has 4 rings (SSSR count). The Balaban J connectivity index is 1.33.